The second kappa shape index (κ2) is 10.9. The summed E-state index contributed by atoms with van der Waals surface area (Å²) in [5, 5.41) is 8.61. The van der Waals surface area contributed by atoms with E-state index in [0.717, 1.165) is 30.8 Å². The first-order valence-electron chi connectivity index (χ1n) is 7.31. The summed E-state index contributed by atoms with van der Waals surface area (Å²) in [6.45, 7) is 13.1. The maximum Gasteiger partial charge on any atom is 0.154 e. The number of nitrogens with two attached hydrogens (primary N) is 2. The summed E-state index contributed by atoms with van der Waals surface area (Å²) in [4.78, 5) is 2.07. The standard InChI is InChI=1S/C16H29N5/c1-6-11-21(12-9-10-17)16(13(4)7-2)20-19-15(8-3)14(5)18/h6,8,11H,3,7,9-10,12,17-18H2,1-2,4-5H3/b11-6-,15-14-,16-13-,20-19+. The van der Waals surface area contributed by atoms with Gasteiger partial charge in [-0.3, -0.25) is 0 Å². The first kappa shape index (κ1) is 19.1. The van der Waals surface area contributed by atoms with Gasteiger partial charge in [0.2, 0.25) is 0 Å². The Labute approximate surface area is 128 Å². The molecule has 118 valence electrons. The van der Waals surface area contributed by atoms with Gasteiger partial charge in [-0.1, -0.05) is 19.6 Å². The Morgan fingerprint density at radius 2 is 1.95 bits per heavy atom. The van der Waals surface area contributed by atoms with Crippen LogP contribution in [0.5, 0.6) is 0 Å². The van der Waals surface area contributed by atoms with Crippen molar-refractivity contribution in [1.29, 1.82) is 0 Å². The fourth-order valence-corrected chi connectivity index (χ4v) is 1.62. The largest absolute Gasteiger partial charge is 0.400 e. The molecule has 0 unspecified atom stereocenters. The van der Waals surface area contributed by atoms with Crippen molar-refractivity contribution in [3.05, 3.63) is 47.7 Å². The minimum absolute atomic E-state index is 0.593. The van der Waals surface area contributed by atoms with Crippen LogP contribution >= 0.6 is 0 Å². The number of hydrogen-bond donors (Lipinski definition) is 2. The first-order chi connectivity index (χ1) is 10.0. The third kappa shape index (κ3) is 6.90. The Hall–Kier alpha value is -1.88. The van der Waals surface area contributed by atoms with E-state index in [0.29, 0.717) is 17.9 Å². The third-order valence-electron chi connectivity index (χ3n) is 2.97. The van der Waals surface area contributed by atoms with E-state index in [4.69, 9.17) is 11.5 Å². The highest BCUT2D eigenvalue weighted by molar-refractivity contribution is 5.20. The van der Waals surface area contributed by atoms with Crippen molar-refractivity contribution in [2.24, 2.45) is 21.7 Å². The van der Waals surface area contributed by atoms with E-state index >= 15 is 0 Å². The van der Waals surface area contributed by atoms with Crippen LogP contribution in [-0.4, -0.2) is 18.0 Å². The number of allylic oxidation sites excluding steroid dienone is 4. The van der Waals surface area contributed by atoms with E-state index in [-0.39, 0.29) is 0 Å². The number of hydrogen-bond acceptors (Lipinski definition) is 5. The topological polar surface area (TPSA) is 80.0 Å². The van der Waals surface area contributed by atoms with Gasteiger partial charge in [-0.25, -0.2) is 0 Å². The lowest BCUT2D eigenvalue weighted by atomic mass is 10.2. The lowest BCUT2D eigenvalue weighted by molar-refractivity contribution is 0.438. The van der Waals surface area contributed by atoms with Gasteiger partial charge < -0.3 is 16.4 Å². The molecule has 0 saturated carbocycles. The lowest BCUT2D eigenvalue weighted by Gasteiger charge is -2.21. The maximum absolute atomic E-state index is 5.75. The second-order valence-corrected chi connectivity index (χ2v) is 4.75. The zero-order valence-corrected chi connectivity index (χ0v) is 13.8. The highest BCUT2D eigenvalue weighted by Crippen LogP contribution is 2.18. The molecule has 21 heavy (non-hydrogen) atoms. The third-order valence-corrected chi connectivity index (χ3v) is 2.97. The Morgan fingerprint density at radius 3 is 2.38 bits per heavy atom. The normalized spacial score (nSPS) is 14.3. The van der Waals surface area contributed by atoms with Crippen molar-refractivity contribution in [2.45, 2.75) is 40.5 Å². The Morgan fingerprint density at radius 1 is 1.29 bits per heavy atom. The fraction of sp³-hybridized carbons (Fsp3) is 0.500. The molecule has 0 aromatic rings. The minimum atomic E-state index is 0.593. The van der Waals surface area contributed by atoms with Gasteiger partial charge in [0.1, 0.15) is 5.70 Å². The van der Waals surface area contributed by atoms with Crippen molar-refractivity contribution in [2.75, 3.05) is 13.1 Å². The Balaban J connectivity index is 5.53. The van der Waals surface area contributed by atoms with Crippen molar-refractivity contribution in [1.82, 2.24) is 4.90 Å². The van der Waals surface area contributed by atoms with Crippen molar-refractivity contribution >= 4 is 0 Å². The molecule has 0 aliphatic heterocycles. The summed E-state index contributed by atoms with van der Waals surface area (Å²) in [5.74, 6) is 0.838. The van der Waals surface area contributed by atoms with Gasteiger partial charge in [-0.15, -0.1) is 10.2 Å². The van der Waals surface area contributed by atoms with Crippen LogP contribution in [0, 0.1) is 0 Å². The van der Waals surface area contributed by atoms with Crippen LogP contribution in [-0.2, 0) is 0 Å². The van der Waals surface area contributed by atoms with Crippen LogP contribution < -0.4 is 11.5 Å². The average molecular weight is 291 g/mol. The van der Waals surface area contributed by atoms with Crippen LogP contribution in [0.4, 0.5) is 0 Å². The zero-order valence-electron chi connectivity index (χ0n) is 13.8. The van der Waals surface area contributed by atoms with Crippen LogP contribution in [0.3, 0.4) is 0 Å². The maximum atomic E-state index is 5.75. The van der Waals surface area contributed by atoms with Crippen LogP contribution in [0.2, 0.25) is 0 Å². The smallest absolute Gasteiger partial charge is 0.154 e. The average Bonchev–Trinajstić information content (AvgIpc) is 2.47. The molecule has 5 heteroatoms. The monoisotopic (exact) mass is 291 g/mol. The summed E-state index contributed by atoms with van der Waals surface area (Å²) in [7, 11) is 0. The first-order valence-corrected chi connectivity index (χ1v) is 7.31. The van der Waals surface area contributed by atoms with Crippen molar-refractivity contribution in [3.8, 4) is 0 Å². The molecule has 0 atom stereocenters. The van der Waals surface area contributed by atoms with Gasteiger partial charge in [0, 0.05) is 18.4 Å². The van der Waals surface area contributed by atoms with E-state index in [2.05, 4.69) is 35.6 Å². The van der Waals surface area contributed by atoms with E-state index in [1.54, 1.807) is 13.0 Å². The number of azo groups is 1. The Bertz CT molecular complexity index is 440. The highest BCUT2D eigenvalue weighted by Gasteiger charge is 2.09. The molecule has 4 N–H and O–H groups in total. The van der Waals surface area contributed by atoms with E-state index in [1.807, 2.05) is 19.2 Å². The van der Waals surface area contributed by atoms with Crippen LogP contribution in [0.15, 0.2) is 57.9 Å². The van der Waals surface area contributed by atoms with Crippen LogP contribution in [0.1, 0.15) is 40.5 Å². The van der Waals surface area contributed by atoms with Gasteiger partial charge in [0.25, 0.3) is 0 Å². The molecule has 0 saturated heterocycles. The second-order valence-electron chi connectivity index (χ2n) is 4.75. The van der Waals surface area contributed by atoms with Crippen molar-refractivity contribution in [3.63, 3.8) is 0 Å². The molecule has 0 aliphatic carbocycles. The minimum Gasteiger partial charge on any atom is -0.400 e. The SMILES string of the molecule is C=CC(/N=N/C(=C(\C)CC)N(/C=C\C)CCCN)=C(\C)N. The fourth-order valence-electron chi connectivity index (χ4n) is 1.62. The van der Waals surface area contributed by atoms with E-state index in [9.17, 15) is 0 Å². The lowest BCUT2D eigenvalue weighted by Crippen LogP contribution is -2.20. The molecular weight excluding hydrogens is 262 g/mol. The summed E-state index contributed by atoms with van der Waals surface area (Å²) in [6.07, 6.45) is 7.38. The summed E-state index contributed by atoms with van der Waals surface area (Å²) in [5.41, 5.74) is 13.7. The molecule has 0 fully saturated rings. The molecule has 0 rings (SSSR count). The predicted molar refractivity (Wildman–Crippen MR) is 90.1 cm³/mol. The number of rotatable bonds is 9. The van der Waals surface area contributed by atoms with E-state index < -0.39 is 0 Å². The molecule has 5 nitrogen and oxygen atoms in total. The Kier molecular flexibility index (Phi) is 9.88. The van der Waals surface area contributed by atoms with Gasteiger partial charge >= 0.3 is 0 Å². The molecule has 0 aromatic heterocycles. The molecule has 0 aromatic carbocycles. The molecule has 0 amide bonds. The van der Waals surface area contributed by atoms with Crippen LogP contribution in [0.25, 0.3) is 0 Å². The van der Waals surface area contributed by atoms with Gasteiger partial charge in [-0.05, 0) is 51.8 Å². The molecule has 0 aliphatic rings. The molecule has 0 bridgehead atoms. The number of nitrogens with zero attached hydrogens (tertiary/aromatic N) is 3. The van der Waals surface area contributed by atoms with Gasteiger partial charge in [0.15, 0.2) is 5.82 Å². The van der Waals surface area contributed by atoms with Gasteiger partial charge in [0.05, 0.1) is 0 Å². The molecular formula is C16H29N5. The predicted octanol–water partition coefficient (Wildman–Crippen LogP) is 3.64. The zero-order chi connectivity index (χ0) is 16.3. The summed E-state index contributed by atoms with van der Waals surface area (Å²) < 4.78 is 0. The highest BCUT2D eigenvalue weighted by atomic mass is 15.3. The summed E-state index contributed by atoms with van der Waals surface area (Å²) >= 11 is 0. The van der Waals surface area contributed by atoms with Crippen molar-refractivity contribution < 1.29 is 0 Å². The molecule has 0 heterocycles. The van der Waals surface area contributed by atoms with Gasteiger partial charge in [-0.2, -0.15) is 0 Å². The molecule has 0 spiro atoms. The molecule has 0 radical (unpaired) electrons. The summed E-state index contributed by atoms with van der Waals surface area (Å²) in [6, 6.07) is 0. The van der Waals surface area contributed by atoms with E-state index in [1.165, 1.54) is 0 Å². The quantitative estimate of drug-likeness (QED) is 0.502.